The van der Waals surface area contributed by atoms with E-state index in [1.54, 1.807) is 22.9 Å². The number of hydrogen-bond acceptors (Lipinski definition) is 6. The third kappa shape index (κ3) is 5.32. The summed E-state index contributed by atoms with van der Waals surface area (Å²) in [7, 11) is -3.69. The monoisotopic (exact) mass is 407 g/mol. The number of carbonyl (C=O) groups is 2. The third-order valence-corrected chi connectivity index (χ3v) is 4.28. The molecule has 136 valence electrons. The minimum Gasteiger partial charge on any atom is -0.379 e. The number of rotatable bonds is 5. The minimum atomic E-state index is -3.69. The molecule has 1 atom stereocenters. The summed E-state index contributed by atoms with van der Waals surface area (Å²) in [6.07, 6.45) is 0.966. The van der Waals surface area contributed by atoms with Crippen LogP contribution in [0.3, 0.4) is 0 Å². The first-order chi connectivity index (χ1) is 11.5. The molecule has 0 saturated heterocycles. The van der Waals surface area contributed by atoms with Gasteiger partial charge in [-0.15, -0.1) is 0 Å². The Hall–Kier alpha value is -1.84. The molecule has 0 saturated carbocycles. The Morgan fingerprint density at radius 3 is 2.44 bits per heavy atom. The van der Waals surface area contributed by atoms with E-state index in [1.165, 1.54) is 6.92 Å². The smallest absolute Gasteiger partial charge is 0.267 e. The Balaban J connectivity index is 1.99. The van der Waals surface area contributed by atoms with E-state index < -0.39 is 34.0 Å². The summed E-state index contributed by atoms with van der Waals surface area (Å²) in [6, 6.07) is 4.84. The van der Waals surface area contributed by atoms with Crippen LogP contribution in [0.4, 0.5) is 0 Å². The van der Waals surface area contributed by atoms with Gasteiger partial charge < -0.3 is 10.2 Å². The molecule has 0 radical (unpaired) electrons. The molecule has 11 heteroatoms. The average Bonchev–Trinajstić information content (AvgIpc) is 2.86. The highest BCUT2D eigenvalue weighted by Crippen LogP contribution is 2.29. The first kappa shape index (κ1) is 19.5. The van der Waals surface area contributed by atoms with Crippen LogP contribution in [0.5, 0.6) is 0 Å². The summed E-state index contributed by atoms with van der Waals surface area (Å²) >= 11 is 11.9. The van der Waals surface area contributed by atoms with Gasteiger partial charge in [-0.3, -0.25) is 14.3 Å². The molecule has 1 aromatic carbocycles. The Kier molecular flexibility index (Phi) is 5.60. The summed E-state index contributed by atoms with van der Waals surface area (Å²) in [5.41, 5.74) is -0.248. The van der Waals surface area contributed by atoms with E-state index >= 15 is 0 Å². The predicted octanol–water partition coefficient (Wildman–Crippen LogP) is 1.07. The van der Waals surface area contributed by atoms with Crippen molar-refractivity contribution < 1.29 is 22.8 Å². The summed E-state index contributed by atoms with van der Waals surface area (Å²) in [4.78, 5) is 28.9. The standard InChI is InChI=1S/C14H15Cl2N3O5S/c1-14(13(21)17-7-12(20)19-25(2,22)23)6-11(18-24-14)8-3-9(15)5-10(16)4-8/h3-5H,6-7H2,1-2H3,(H,17,21)(H,19,20). The number of sulfonamides is 1. The van der Waals surface area contributed by atoms with Crippen molar-refractivity contribution in [1.82, 2.24) is 10.0 Å². The van der Waals surface area contributed by atoms with Crippen LogP contribution in [0.25, 0.3) is 0 Å². The predicted molar refractivity (Wildman–Crippen MR) is 93.1 cm³/mol. The van der Waals surface area contributed by atoms with Gasteiger partial charge in [-0.1, -0.05) is 28.4 Å². The van der Waals surface area contributed by atoms with E-state index in [9.17, 15) is 18.0 Å². The van der Waals surface area contributed by atoms with Gasteiger partial charge in [0.25, 0.3) is 11.8 Å². The van der Waals surface area contributed by atoms with Crippen LogP contribution in [0.15, 0.2) is 23.4 Å². The molecule has 1 unspecified atom stereocenters. The lowest BCUT2D eigenvalue weighted by molar-refractivity contribution is -0.142. The fourth-order valence-electron chi connectivity index (χ4n) is 2.13. The SMILES string of the molecule is CC1(C(=O)NCC(=O)NS(C)(=O)=O)CC(c2cc(Cl)cc(Cl)c2)=NO1. The minimum absolute atomic E-state index is 0.128. The quantitative estimate of drug-likeness (QED) is 0.757. The molecule has 2 rings (SSSR count). The number of benzene rings is 1. The zero-order chi connectivity index (χ0) is 18.8. The van der Waals surface area contributed by atoms with Gasteiger partial charge in [0.05, 0.1) is 18.5 Å². The maximum atomic E-state index is 12.3. The fourth-order valence-corrected chi connectivity index (χ4v) is 3.14. The Morgan fingerprint density at radius 1 is 1.28 bits per heavy atom. The average molecular weight is 408 g/mol. The lowest BCUT2D eigenvalue weighted by Gasteiger charge is -2.20. The van der Waals surface area contributed by atoms with Gasteiger partial charge in [0.15, 0.2) is 0 Å². The summed E-state index contributed by atoms with van der Waals surface area (Å²) in [5.74, 6) is -1.47. The summed E-state index contributed by atoms with van der Waals surface area (Å²) < 4.78 is 23.6. The summed E-state index contributed by atoms with van der Waals surface area (Å²) in [5, 5.41) is 7.04. The molecular formula is C14H15Cl2N3O5S. The third-order valence-electron chi connectivity index (χ3n) is 3.25. The van der Waals surface area contributed by atoms with Crippen molar-refractivity contribution in [3.05, 3.63) is 33.8 Å². The lowest BCUT2D eigenvalue weighted by atomic mass is 9.95. The normalized spacial score (nSPS) is 19.8. The second-order valence-corrected chi connectivity index (χ2v) is 8.30. The molecule has 25 heavy (non-hydrogen) atoms. The van der Waals surface area contributed by atoms with Crippen LogP contribution in [-0.2, 0) is 24.4 Å². The molecule has 8 nitrogen and oxygen atoms in total. The van der Waals surface area contributed by atoms with E-state index in [0.29, 0.717) is 21.3 Å². The Bertz CT molecular complexity index is 836. The van der Waals surface area contributed by atoms with Gasteiger partial charge in [0.2, 0.25) is 15.6 Å². The van der Waals surface area contributed by atoms with Crippen LogP contribution in [0, 0.1) is 0 Å². The highest BCUT2D eigenvalue weighted by atomic mass is 35.5. The van der Waals surface area contributed by atoms with Crippen LogP contribution in [0.2, 0.25) is 10.0 Å². The van der Waals surface area contributed by atoms with Gasteiger partial charge in [-0.05, 0) is 25.1 Å². The van der Waals surface area contributed by atoms with Gasteiger partial charge in [-0.25, -0.2) is 8.42 Å². The number of nitrogens with one attached hydrogen (secondary N) is 2. The molecular weight excluding hydrogens is 393 g/mol. The second kappa shape index (κ2) is 7.19. The van der Waals surface area contributed by atoms with E-state index in [1.807, 2.05) is 0 Å². The molecule has 1 aliphatic heterocycles. The molecule has 1 aromatic rings. The lowest BCUT2D eigenvalue weighted by Crippen LogP contribution is -2.48. The molecule has 1 heterocycles. The van der Waals surface area contributed by atoms with Crippen molar-refractivity contribution in [1.29, 1.82) is 0 Å². The first-order valence-corrected chi connectivity index (χ1v) is 9.64. The van der Waals surface area contributed by atoms with Crippen molar-refractivity contribution in [2.24, 2.45) is 5.16 Å². The molecule has 0 bridgehead atoms. The highest BCUT2D eigenvalue weighted by Gasteiger charge is 2.42. The maximum absolute atomic E-state index is 12.3. The van der Waals surface area contributed by atoms with E-state index in [0.717, 1.165) is 6.26 Å². The largest absolute Gasteiger partial charge is 0.379 e. The molecule has 0 aliphatic carbocycles. The number of oxime groups is 1. The van der Waals surface area contributed by atoms with Crippen LogP contribution in [0.1, 0.15) is 18.9 Å². The number of hydrogen-bond donors (Lipinski definition) is 2. The van der Waals surface area contributed by atoms with Gasteiger partial charge in [0.1, 0.15) is 0 Å². The number of halogens is 2. The van der Waals surface area contributed by atoms with Crippen molar-refractivity contribution in [3.63, 3.8) is 0 Å². The van der Waals surface area contributed by atoms with E-state index in [2.05, 4.69) is 10.5 Å². The zero-order valence-electron chi connectivity index (χ0n) is 13.3. The van der Waals surface area contributed by atoms with Crippen molar-refractivity contribution in [2.75, 3.05) is 12.8 Å². The second-order valence-electron chi connectivity index (χ2n) is 5.68. The van der Waals surface area contributed by atoms with E-state index in [-0.39, 0.29) is 6.42 Å². The Morgan fingerprint density at radius 2 is 1.88 bits per heavy atom. The molecule has 2 N–H and O–H groups in total. The Labute approximate surface area is 154 Å². The number of nitrogens with zero attached hydrogens (tertiary/aromatic N) is 1. The molecule has 1 aliphatic rings. The number of amides is 2. The van der Waals surface area contributed by atoms with E-state index in [4.69, 9.17) is 28.0 Å². The highest BCUT2D eigenvalue weighted by molar-refractivity contribution is 7.89. The molecule has 0 aromatic heterocycles. The first-order valence-electron chi connectivity index (χ1n) is 6.99. The maximum Gasteiger partial charge on any atom is 0.267 e. The fraction of sp³-hybridized carbons (Fsp3) is 0.357. The van der Waals surface area contributed by atoms with Crippen molar-refractivity contribution >= 4 is 50.8 Å². The topological polar surface area (TPSA) is 114 Å². The van der Waals surface area contributed by atoms with Gasteiger partial charge in [-0.2, -0.15) is 0 Å². The molecule has 0 spiro atoms. The van der Waals surface area contributed by atoms with Crippen LogP contribution in [-0.4, -0.2) is 44.3 Å². The van der Waals surface area contributed by atoms with Gasteiger partial charge >= 0.3 is 0 Å². The van der Waals surface area contributed by atoms with Crippen molar-refractivity contribution in [2.45, 2.75) is 18.9 Å². The molecule has 0 fully saturated rings. The summed E-state index contributed by atoms with van der Waals surface area (Å²) in [6.45, 7) is 0.989. The van der Waals surface area contributed by atoms with Gasteiger partial charge in [0, 0.05) is 22.0 Å². The van der Waals surface area contributed by atoms with Crippen LogP contribution < -0.4 is 10.0 Å². The van der Waals surface area contributed by atoms with Crippen LogP contribution >= 0.6 is 23.2 Å². The molecule has 2 amide bonds. The zero-order valence-corrected chi connectivity index (χ0v) is 15.6. The number of carbonyl (C=O) groups excluding carboxylic acids is 2. The van der Waals surface area contributed by atoms with Crippen molar-refractivity contribution in [3.8, 4) is 0 Å².